The van der Waals surface area contributed by atoms with Gasteiger partial charge in [0, 0.05) is 23.5 Å². The lowest BCUT2D eigenvalue weighted by molar-refractivity contribution is 0.102. The fraction of sp³-hybridized carbons (Fsp3) is 0.333. The third-order valence-corrected chi connectivity index (χ3v) is 4.31. The smallest absolute Gasteiger partial charge is 0.255 e. The second-order valence-corrected chi connectivity index (χ2v) is 6.33. The number of anilines is 1. The molecule has 1 aromatic heterocycles. The third-order valence-electron chi connectivity index (χ3n) is 4.12. The second-order valence-electron chi connectivity index (χ2n) is 5.94. The van der Waals surface area contributed by atoms with Crippen molar-refractivity contribution in [2.24, 2.45) is 0 Å². The molecular formula is C18H20ClN3O. The summed E-state index contributed by atoms with van der Waals surface area (Å²) < 4.78 is 0. The molecule has 2 N–H and O–H groups in total. The first kappa shape index (κ1) is 16.0. The normalized spacial score (nSPS) is 17.7. The van der Waals surface area contributed by atoms with Crippen molar-refractivity contribution in [1.29, 1.82) is 0 Å². The van der Waals surface area contributed by atoms with Gasteiger partial charge in [-0.05, 0) is 62.1 Å². The van der Waals surface area contributed by atoms with Gasteiger partial charge in [-0.3, -0.25) is 4.79 Å². The molecule has 1 unspecified atom stereocenters. The minimum atomic E-state index is -0.176. The van der Waals surface area contributed by atoms with Crippen molar-refractivity contribution < 1.29 is 4.79 Å². The number of aromatic nitrogens is 1. The molecule has 2 heterocycles. The SMILES string of the molecule is Cc1cc(C(=O)Nc2ccc(C3CCCNC3)cc2)cc(Cl)n1. The first-order valence-electron chi connectivity index (χ1n) is 7.88. The van der Waals surface area contributed by atoms with E-state index >= 15 is 0 Å². The highest BCUT2D eigenvalue weighted by molar-refractivity contribution is 6.29. The summed E-state index contributed by atoms with van der Waals surface area (Å²) in [7, 11) is 0. The molecule has 0 saturated carbocycles. The van der Waals surface area contributed by atoms with Crippen molar-refractivity contribution in [2.75, 3.05) is 18.4 Å². The first-order chi connectivity index (χ1) is 11.1. The molecule has 120 valence electrons. The molecule has 1 aromatic carbocycles. The summed E-state index contributed by atoms with van der Waals surface area (Å²) in [4.78, 5) is 16.4. The number of nitrogens with zero attached hydrogens (tertiary/aromatic N) is 1. The predicted molar refractivity (Wildman–Crippen MR) is 93.2 cm³/mol. The van der Waals surface area contributed by atoms with Gasteiger partial charge in [-0.1, -0.05) is 23.7 Å². The van der Waals surface area contributed by atoms with Gasteiger partial charge in [0.1, 0.15) is 5.15 Å². The van der Waals surface area contributed by atoms with E-state index in [1.807, 2.05) is 19.1 Å². The van der Waals surface area contributed by atoms with Gasteiger partial charge in [-0.25, -0.2) is 4.98 Å². The number of hydrogen-bond acceptors (Lipinski definition) is 3. The summed E-state index contributed by atoms with van der Waals surface area (Å²) in [6, 6.07) is 11.4. The summed E-state index contributed by atoms with van der Waals surface area (Å²) in [5.74, 6) is 0.389. The quantitative estimate of drug-likeness (QED) is 0.843. The number of pyridine rings is 1. The maximum absolute atomic E-state index is 12.3. The number of halogens is 1. The van der Waals surface area contributed by atoms with Crippen LogP contribution in [0, 0.1) is 6.92 Å². The largest absolute Gasteiger partial charge is 0.322 e. The third kappa shape index (κ3) is 4.09. The molecule has 1 amide bonds. The van der Waals surface area contributed by atoms with Crippen molar-refractivity contribution in [1.82, 2.24) is 10.3 Å². The van der Waals surface area contributed by atoms with E-state index in [-0.39, 0.29) is 5.91 Å². The molecule has 1 aliphatic rings. The fourth-order valence-electron chi connectivity index (χ4n) is 2.94. The minimum absolute atomic E-state index is 0.176. The lowest BCUT2D eigenvalue weighted by Crippen LogP contribution is -2.28. The van der Waals surface area contributed by atoms with Gasteiger partial charge in [-0.15, -0.1) is 0 Å². The minimum Gasteiger partial charge on any atom is -0.322 e. The van der Waals surface area contributed by atoms with E-state index in [1.54, 1.807) is 12.1 Å². The Hall–Kier alpha value is -1.91. The van der Waals surface area contributed by atoms with Gasteiger partial charge in [0.05, 0.1) is 0 Å². The molecule has 1 fully saturated rings. The van der Waals surface area contributed by atoms with Crippen LogP contribution in [0.1, 0.15) is 40.4 Å². The number of carbonyl (C=O) groups excluding carboxylic acids is 1. The average Bonchev–Trinajstić information content (AvgIpc) is 2.55. The van der Waals surface area contributed by atoms with Gasteiger partial charge >= 0.3 is 0 Å². The molecule has 1 aliphatic heterocycles. The van der Waals surface area contributed by atoms with Gasteiger partial charge < -0.3 is 10.6 Å². The van der Waals surface area contributed by atoms with Gasteiger partial charge in [0.15, 0.2) is 0 Å². The lowest BCUT2D eigenvalue weighted by Gasteiger charge is -2.23. The van der Waals surface area contributed by atoms with Crippen molar-refractivity contribution in [2.45, 2.75) is 25.7 Å². The van der Waals surface area contributed by atoms with Crippen LogP contribution in [-0.4, -0.2) is 24.0 Å². The zero-order valence-electron chi connectivity index (χ0n) is 13.1. The molecule has 1 atom stereocenters. The number of aryl methyl sites for hydroxylation is 1. The molecule has 0 radical (unpaired) electrons. The molecule has 0 aliphatic carbocycles. The Morgan fingerprint density at radius 1 is 1.30 bits per heavy atom. The van der Waals surface area contributed by atoms with Crippen LogP contribution in [0.4, 0.5) is 5.69 Å². The Bertz CT molecular complexity index is 674. The van der Waals surface area contributed by atoms with Gasteiger partial charge in [0.25, 0.3) is 5.91 Å². The number of hydrogen-bond donors (Lipinski definition) is 2. The lowest BCUT2D eigenvalue weighted by atomic mass is 9.91. The van der Waals surface area contributed by atoms with Crippen LogP contribution in [0.15, 0.2) is 36.4 Å². The van der Waals surface area contributed by atoms with Crippen LogP contribution >= 0.6 is 11.6 Å². The van der Waals surface area contributed by atoms with Crippen molar-refractivity contribution >= 4 is 23.2 Å². The molecule has 2 aromatic rings. The molecule has 0 bridgehead atoms. The topological polar surface area (TPSA) is 54.0 Å². The van der Waals surface area contributed by atoms with E-state index in [2.05, 4.69) is 27.8 Å². The van der Waals surface area contributed by atoms with Crippen LogP contribution < -0.4 is 10.6 Å². The van der Waals surface area contributed by atoms with E-state index < -0.39 is 0 Å². The summed E-state index contributed by atoms with van der Waals surface area (Å²) >= 11 is 5.91. The zero-order valence-corrected chi connectivity index (χ0v) is 13.9. The Morgan fingerprint density at radius 2 is 2.09 bits per heavy atom. The Morgan fingerprint density at radius 3 is 2.74 bits per heavy atom. The molecule has 5 heteroatoms. The number of nitrogens with one attached hydrogen (secondary N) is 2. The number of carbonyl (C=O) groups is 1. The van der Waals surface area contributed by atoms with E-state index in [1.165, 1.54) is 18.4 Å². The molecule has 1 saturated heterocycles. The molecule has 3 rings (SSSR count). The number of amides is 1. The first-order valence-corrected chi connectivity index (χ1v) is 8.26. The van der Waals surface area contributed by atoms with Crippen molar-refractivity contribution in [3.8, 4) is 0 Å². The van der Waals surface area contributed by atoms with Crippen molar-refractivity contribution in [3.63, 3.8) is 0 Å². The highest BCUT2D eigenvalue weighted by Gasteiger charge is 2.15. The standard InChI is InChI=1S/C18H20ClN3O/c1-12-9-15(10-17(19)21-12)18(23)22-16-6-4-13(5-7-16)14-3-2-8-20-11-14/h4-7,9-10,14,20H,2-3,8,11H2,1H3,(H,22,23). The van der Waals surface area contributed by atoms with Crippen LogP contribution in [0.5, 0.6) is 0 Å². The van der Waals surface area contributed by atoms with Crippen LogP contribution in [-0.2, 0) is 0 Å². The molecule has 23 heavy (non-hydrogen) atoms. The summed E-state index contributed by atoms with van der Waals surface area (Å²) in [5, 5.41) is 6.65. The number of benzene rings is 1. The summed E-state index contributed by atoms with van der Waals surface area (Å²) in [5.41, 5.74) is 3.34. The summed E-state index contributed by atoms with van der Waals surface area (Å²) in [6.07, 6.45) is 2.43. The summed E-state index contributed by atoms with van der Waals surface area (Å²) in [6.45, 7) is 3.95. The van der Waals surface area contributed by atoms with Crippen LogP contribution in [0.2, 0.25) is 5.15 Å². The second kappa shape index (κ2) is 7.11. The highest BCUT2D eigenvalue weighted by atomic mass is 35.5. The fourth-order valence-corrected chi connectivity index (χ4v) is 3.19. The maximum Gasteiger partial charge on any atom is 0.255 e. The zero-order chi connectivity index (χ0) is 16.2. The van der Waals surface area contributed by atoms with Crippen LogP contribution in [0.25, 0.3) is 0 Å². The molecule has 4 nitrogen and oxygen atoms in total. The Labute approximate surface area is 141 Å². The van der Waals surface area contributed by atoms with E-state index in [0.29, 0.717) is 16.6 Å². The van der Waals surface area contributed by atoms with Gasteiger partial charge in [0.2, 0.25) is 0 Å². The monoisotopic (exact) mass is 329 g/mol. The highest BCUT2D eigenvalue weighted by Crippen LogP contribution is 2.24. The number of rotatable bonds is 3. The van der Waals surface area contributed by atoms with E-state index in [0.717, 1.165) is 24.5 Å². The van der Waals surface area contributed by atoms with Crippen LogP contribution in [0.3, 0.4) is 0 Å². The maximum atomic E-state index is 12.3. The van der Waals surface area contributed by atoms with Gasteiger partial charge in [-0.2, -0.15) is 0 Å². The Balaban J connectivity index is 1.68. The Kier molecular flexibility index (Phi) is 4.94. The number of piperidine rings is 1. The molecular weight excluding hydrogens is 310 g/mol. The molecule has 0 spiro atoms. The average molecular weight is 330 g/mol. The predicted octanol–water partition coefficient (Wildman–Crippen LogP) is 3.76. The van der Waals surface area contributed by atoms with Crippen molar-refractivity contribution in [3.05, 3.63) is 58.4 Å². The van der Waals surface area contributed by atoms with E-state index in [9.17, 15) is 4.79 Å². The van der Waals surface area contributed by atoms with E-state index in [4.69, 9.17) is 11.6 Å².